The van der Waals surface area contributed by atoms with Gasteiger partial charge in [-0.25, -0.2) is 9.18 Å². The molecule has 0 aliphatic carbocycles. The molecule has 2 heterocycles. The van der Waals surface area contributed by atoms with Gasteiger partial charge in [-0.1, -0.05) is 12.1 Å². The first-order chi connectivity index (χ1) is 11.6. The average Bonchev–Trinajstić information content (AvgIpc) is 2.61. The average molecular weight is 330 g/mol. The minimum Gasteiger partial charge on any atom is -0.489 e. The molecule has 1 aromatic heterocycles. The number of rotatable bonds is 4. The molecule has 1 fully saturated rings. The molecule has 3 rings (SSSR count). The predicted octanol–water partition coefficient (Wildman–Crippen LogP) is 1.48. The summed E-state index contributed by atoms with van der Waals surface area (Å²) in [5.74, 6) is 0.200. The van der Waals surface area contributed by atoms with Gasteiger partial charge in [0.15, 0.2) is 0 Å². The van der Waals surface area contributed by atoms with Gasteiger partial charge in [-0.2, -0.15) is 0 Å². The zero-order valence-electron chi connectivity index (χ0n) is 13.1. The number of ether oxygens (including phenoxy) is 1. The Balaban J connectivity index is 1.97. The molecule has 1 atom stereocenters. The van der Waals surface area contributed by atoms with Crippen molar-refractivity contribution in [3.8, 4) is 5.75 Å². The first-order valence-electron chi connectivity index (χ1n) is 7.68. The summed E-state index contributed by atoms with van der Waals surface area (Å²) in [5.41, 5.74) is 5.33. The summed E-state index contributed by atoms with van der Waals surface area (Å²) < 4.78 is 19.6. The number of nitrogens with two attached hydrogens (primary N) is 1. The number of aromatic nitrogens is 1. The Bertz CT molecular complexity index is 713. The molecule has 24 heavy (non-hydrogen) atoms. The van der Waals surface area contributed by atoms with E-state index < -0.39 is 11.6 Å². The van der Waals surface area contributed by atoms with Crippen LogP contribution in [0.25, 0.3) is 0 Å². The Hall–Kier alpha value is -2.67. The van der Waals surface area contributed by atoms with E-state index in [2.05, 4.69) is 10.3 Å². The topological polar surface area (TPSA) is 80.5 Å². The second-order valence-corrected chi connectivity index (χ2v) is 5.69. The number of nitrogens with one attached hydrogen (secondary N) is 1. The van der Waals surface area contributed by atoms with Gasteiger partial charge in [-0.05, 0) is 29.8 Å². The van der Waals surface area contributed by atoms with Crippen LogP contribution in [-0.4, -0.2) is 42.2 Å². The van der Waals surface area contributed by atoms with Gasteiger partial charge in [-0.3, -0.25) is 4.98 Å². The molecule has 0 bridgehead atoms. The number of pyridine rings is 1. The highest BCUT2D eigenvalue weighted by Crippen LogP contribution is 2.31. The van der Waals surface area contributed by atoms with Gasteiger partial charge in [0.25, 0.3) is 0 Å². The molecule has 7 heteroatoms. The summed E-state index contributed by atoms with van der Waals surface area (Å²) in [6.45, 7) is 1.59. The number of carbonyl (C=O) groups excluding carboxylic acids is 1. The number of halogens is 1. The quantitative estimate of drug-likeness (QED) is 0.890. The van der Waals surface area contributed by atoms with E-state index in [0.29, 0.717) is 30.9 Å². The largest absolute Gasteiger partial charge is 0.489 e. The molecule has 0 saturated carbocycles. The lowest BCUT2D eigenvalue weighted by Gasteiger charge is -2.46. The van der Waals surface area contributed by atoms with Crippen molar-refractivity contribution >= 4 is 6.03 Å². The minimum atomic E-state index is -0.887. The zero-order chi connectivity index (χ0) is 17.0. The highest BCUT2D eigenvalue weighted by Gasteiger charge is 2.43. The molecular weight excluding hydrogens is 311 g/mol. The molecule has 0 spiro atoms. The first-order valence-corrected chi connectivity index (χ1v) is 7.68. The fourth-order valence-corrected chi connectivity index (χ4v) is 3.00. The minimum absolute atomic E-state index is 0.137. The third-order valence-electron chi connectivity index (χ3n) is 4.19. The third kappa shape index (κ3) is 3.16. The van der Waals surface area contributed by atoms with Gasteiger partial charge < -0.3 is 20.7 Å². The lowest BCUT2D eigenvalue weighted by Crippen LogP contribution is -2.64. The van der Waals surface area contributed by atoms with Crippen molar-refractivity contribution in [1.29, 1.82) is 0 Å². The number of piperazine rings is 1. The molecule has 1 aliphatic heterocycles. The molecule has 1 aliphatic rings. The number of nitrogens with zero attached hydrogens (tertiary/aromatic N) is 2. The summed E-state index contributed by atoms with van der Waals surface area (Å²) >= 11 is 0. The second-order valence-electron chi connectivity index (χ2n) is 5.69. The molecule has 6 nitrogen and oxygen atoms in total. The molecule has 1 saturated heterocycles. The molecule has 126 valence electrons. The van der Waals surface area contributed by atoms with E-state index in [4.69, 9.17) is 10.5 Å². The van der Waals surface area contributed by atoms with Crippen LogP contribution in [0.1, 0.15) is 5.56 Å². The van der Waals surface area contributed by atoms with Gasteiger partial charge in [0.2, 0.25) is 0 Å². The fraction of sp³-hybridized carbons (Fsp3) is 0.294. The molecular formula is C17H19FN4O2. The smallest absolute Gasteiger partial charge is 0.315 e. The summed E-state index contributed by atoms with van der Waals surface area (Å²) in [6, 6.07) is 9.14. The molecule has 1 unspecified atom stereocenters. The van der Waals surface area contributed by atoms with Crippen molar-refractivity contribution in [2.45, 2.75) is 5.54 Å². The van der Waals surface area contributed by atoms with Crippen LogP contribution in [0.2, 0.25) is 0 Å². The van der Waals surface area contributed by atoms with Crippen molar-refractivity contribution in [3.63, 3.8) is 0 Å². The normalized spacial score (nSPS) is 20.6. The Morgan fingerprint density at radius 1 is 1.42 bits per heavy atom. The van der Waals surface area contributed by atoms with Gasteiger partial charge in [0.05, 0.1) is 6.20 Å². The lowest BCUT2D eigenvalue weighted by atomic mass is 9.87. The van der Waals surface area contributed by atoms with E-state index in [1.807, 2.05) is 0 Å². The summed E-state index contributed by atoms with van der Waals surface area (Å²) in [6.07, 6.45) is 3.23. The predicted molar refractivity (Wildman–Crippen MR) is 87.0 cm³/mol. The Labute approximate surface area is 139 Å². The Kier molecular flexibility index (Phi) is 4.61. The summed E-state index contributed by atoms with van der Waals surface area (Å²) in [4.78, 5) is 17.5. The monoisotopic (exact) mass is 330 g/mol. The van der Waals surface area contributed by atoms with Gasteiger partial charge in [0, 0.05) is 25.8 Å². The van der Waals surface area contributed by atoms with Crippen LogP contribution in [0.5, 0.6) is 5.75 Å². The lowest BCUT2D eigenvalue weighted by molar-refractivity contribution is 0.0466. The number of urea groups is 1. The number of carbonyl (C=O) groups is 1. The van der Waals surface area contributed by atoms with Crippen molar-refractivity contribution in [1.82, 2.24) is 15.2 Å². The standard InChI is InChI=1S/C17H19FN4O2/c18-14-4-1-3-13(9-14)17(11-21-7-8-22(17)16(19)23)12-24-15-5-2-6-20-10-15/h1-6,9-10,21H,7-8,11-12H2,(H2,19,23). The highest BCUT2D eigenvalue weighted by molar-refractivity contribution is 5.73. The van der Waals surface area contributed by atoms with Crippen molar-refractivity contribution in [2.75, 3.05) is 26.2 Å². The van der Waals surface area contributed by atoms with Crippen LogP contribution in [0, 0.1) is 5.82 Å². The Morgan fingerprint density at radius 2 is 2.29 bits per heavy atom. The van der Waals surface area contributed by atoms with Crippen LogP contribution in [-0.2, 0) is 5.54 Å². The molecule has 0 radical (unpaired) electrons. The van der Waals surface area contributed by atoms with E-state index in [9.17, 15) is 9.18 Å². The highest BCUT2D eigenvalue weighted by atomic mass is 19.1. The summed E-state index contributed by atoms with van der Waals surface area (Å²) in [5, 5.41) is 3.25. The van der Waals surface area contributed by atoms with Crippen molar-refractivity contribution < 1.29 is 13.9 Å². The van der Waals surface area contributed by atoms with Gasteiger partial charge >= 0.3 is 6.03 Å². The maximum atomic E-state index is 13.8. The summed E-state index contributed by atoms with van der Waals surface area (Å²) in [7, 11) is 0. The fourth-order valence-electron chi connectivity index (χ4n) is 3.00. The van der Waals surface area contributed by atoms with E-state index in [1.165, 1.54) is 17.0 Å². The zero-order valence-corrected chi connectivity index (χ0v) is 13.1. The van der Waals surface area contributed by atoms with Crippen LogP contribution in [0.3, 0.4) is 0 Å². The molecule has 1 aromatic carbocycles. The van der Waals surface area contributed by atoms with E-state index in [-0.39, 0.29) is 12.4 Å². The van der Waals surface area contributed by atoms with E-state index >= 15 is 0 Å². The van der Waals surface area contributed by atoms with Gasteiger partial charge in [0.1, 0.15) is 23.7 Å². The number of hydrogen-bond donors (Lipinski definition) is 2. The SMILES string of the molecule is NC(=O)N1CCNCC1(COc1cccnc1)c1cccc(F)c1. The van der Waals surface area contributed by atoms with Crippen molar-refractivity contribution in [3.05, 3.63) is 60.2 Å². The van der Waals surface area contributed by atoms with Gasteiger partial charge in [-0.15, -0.1) is 0 Å². The maximum Gasteiger partial charge on any atom is 0.315 e. The van der Waals surface area contributed by atoms with Crippen LogP contribution >= 0.6 is 0 Å². The second kappa shape index (κ2) is 6.84. The number of primary amides is 1. The van der Waals surface area contributed by atoms with Crippen LogP contribution in [0.4, 0.5) is 9.18 Å². The first kappa shape index (κ1) is 16.2. The molecule has 2 aromatic rings. The number of hydrogen-bond acceptors (Lipinski definition) is 4. The van der Waals surface area contributed by atoms with E-state index in [0.717, 1.165) is 0 Å². The van der Waals surface area contributed by atoms with Crippen LogP contribution < -0.4 is 15.8 Å². The van der Waals surface area contributed by atoms with Crippen molar-refractivity contribution in [2.24, 2.45) is 5.73 Å². The van der Waals surface area contributed by atoms with Crippen LogP contribution in [0.15, 0.2) is 48.8 Å². The Morgan fingerprint density at radius 3 is 3.00 bits per heavy atom. The third-order valence-corrected chi connectivity index (χ3v) is 4.19. The maximum absolute atomic E-state index is 13.8. The number of benzene rings is 1. The van der Waals surface area contributed by atoms with E-state index in [1.54, 1.807) is 36.7 Å². The molecule has 3 N–H and O–H groups in total. The number of amides is 2. The molecule has 2 amide bonds.